The van der Waals surface area contributed by atoms with Gasteiger partial charge >= 0.3 is 6.18 Å². The normalized spacial score (nSPS) is 17.7. The number of benzene rings is 9. The van der Waals surface area contributed by atoms with Gasteiger partial charge in [-0.3, -0.25) is 0 Å². The van der Waals surface area contributed by atoms with Crippen LogP contribution in [0.5, 0.6) is 0 Å². The molecule has 9 aromatic carbocycles. The highest BCUT2D eigenvalue weighted by Gasteiger charge is 2.51. The summed E-state index contributed by atoms with van der Waals surface area (Å²) in [5.41, 5.74) is -0.394. The first-order valence-corrected chi connectivity index (χ1v) is 29.3. The number of halogens is 3. The molecule has 13 rings (SSSR count). The topological polar surface area (TPSA) is 80.3 Å². The van der Waals surface area contributed by atoms with Gasteiger partial charge in [-0.2, -0.15) is 13.2 Å². The van der Waals surface area contributed by atoms with Crippen molar-refractivity contribution in [1.29, 1.82) is 0 Å². The minimum absolute atomic E-state index is 0.0146. The highest BCUT2D eigenvalue weighted by molar-refractivity contribution is 7.97. The van der Waals surface area contributed by atoms with Crippen LogP contribution < -0.4 is 10.2 Å². The summed E-state index contributed by atoms with van der Waals surface area (Å²) in [4.78, 5) is 32.2. The Balaban J connectivity index is 0.000000131. The van der Waals surface area contributed by atoms with E-state index in [0.29, 0.717) is 17.8 Å². The third kappa shape index (κ3) is 15.7. The second-order valence-corrected chi connectivity index (χ2v) is 25.1. The van der Waals surface area contributed by atoms with Crippen LogP contribution in [0.15, 0.2) is 317 Å². The summed E-state index contributed by atoms with van der Waals surface area (Å²) in [7, 11) is -0.0439. The van der Waals surface area contributed by atoms with Crippen LogP contribution in [-0.2, 0) is 42.3 Å². The van der Waals surface area contributed by atoms with E-state index in [9.17, 15) is 23.1 Å². The molecule has 0 radical (unpaired) electrons. The molecule has 0 aromatic heterocycles. The lowest BCUT2D eigenvalue weighted by Crippen LogP contribution is -2.54. The number of carboxylic acids is 2. The van der Waals surface area contributed by atoms with E-state index in [1.165, 1.54) is 63.3 Å². The number of aliphatic carboxylic acids is 2. The third-order valence-corrected chi connectivity index (χ3v) is 20.2. The van der Waals surface area contributed by atoms with Crippen LogP contribution in [0.3, 0.4) is 0 Å². The van der Waals surface area contributed by atoms with Gasteiger partial charge < -0.3 is 19.8 Å². The molecule has 4 saturated carbocycles. The van der Waals surface area contributed by atoms with Crippen LogP contribution in [-0.4, -0.2) is 18.1 Å². The molecule has 0 unspecified atom stereocenters. The molecule has 0 N–H and O–H groups in total. The van der Waals surface area contributed by atoms with E-state index in [-0.39, 0.29) is 32.7 Å². The Bertz CT molecular complexity index is 2540. The monoisotopic (exact) mass is 1080 g/mol. The van der Waals surface area contributed by atoms with E-state index < -0.39 is 23.5 Å². The lowest BCUT2D eigenvalue weighted by molar-refractivity contribution is -0.344. The van der Waals surface area contributed by atoms with E-state index >= 15 is 0 Å². The molecule has 4 bridgehead atoms. The first kappa shape index (κ1) is 56.0. The van der Waals surface area contributed by atoms with E-state index in [4.69, 9.17) is 9.90 Å². The minimum atomic E-state index is -5.19. The fourth-order valence-electron chi connectivity index (χ4n) is 10.6. The maximum absolute atomic E-state index is 11.1. The van der Waals surface area contributed by atoms with Crippen molar-refractivity contribution < 1.29 is 33.0 Å². The van der Waals surface area contributed by atoms with Crippen LogP contribution in [0, 0.1) is 23.2 Å². The van der Waals surface area contributed by atoms with Crippen molar-refractivity contribution in [3.63, 3.8) is 0 Å². The summed E-state index contributed by atoms with van der Waals surface area (Å²) in [6.45, 7) is 0. The largest absolute Gasteiger partial charge is 0.550 e. The highest BCUT2D eigenvalue weighted by Crippen LogP contribution is 2.59. The van der Waals surface area contributed by atoms with Crippen molar-refractivity contribution in [3.05, 3.63) is 273 Å². The molecular weight excluding hydrogens is 1020 g/mol. The van der Waals surface area contributed by atoms with E-state index in [1.54, 1.807) is 0 Å². The number of carbonyl (C=O) groups is 2. The summed E-state index contributed by atoms with van der Waals surface area (Å²) < 4.78 is 31.5. The molecule has 10 heteroatoms. The Kier molecular flexibility index (Phi) is 20.1. The average Bonchev–Trinajstić information content (AvgIpc) is 3.47. The van der Waals surface area contributed by atoms with Crippen LogP contribution in [0.1, 0.15) is 38.5 Å². The van der Waals surface area contributed by atoms with Gasteiger partial charge in [0.25, 0.3) is 0 Å². The number of rotatable bonds is 10. The summed E-state index contributed by atoms with van der Waals surface area (Å²) in [5, 5.41) is 19.9. The molecule has 4 aliphatic rings. The van der Waals surface area contributed by atoms with Gasteiger partial charge in [-0.05, 0) is 165 Å². The van der Waals surface area contributed by atoms with Crippen molar-refractivity contribution in [2.75, 3.05) is 0 Å². The fourth-order valence-corrected chi connectivity index (χ4v) is 16.9. The van der Waals surface area contributed by atoms with Crippen molar-refractivity contribution in [1.82, 2.24) is 0 Å². The number of alkyl halides is 3. The Labute approximate surface area is 459 Å². The van der Waals surface area contributed by atoms with Crippen molar-refractivity contribution in [3.8, 4) is 0 Å². The maximum atomic E-state index is 11.1. The second-order valence-electron chi connectivity index (χ2n) is 19.0. The third-order valence-electron chi connectivity index (χ3n) is 13.5. The Morgan fingerprint density at radius 1 is 0.325 bits per heavy atom. The second kappa shape index (κ2) is 27.7. The standard InChI is InChI=1S/3C18H15S.C11H16O2.C2HF3O2/c3*1-4-10-16(11-5-1)19(17-12-6-2-7-13-17)18-14-8-3-9-15-18;12-10(13)11-4-7-1-8(5-11)3-9(2-7)6-11;3-2(4,5)1(6)7/h3*1-15H;7-9H,1-6H2,(H,12,13);(H,6,7)/q3*+1;;/p-2. The van der Waals surface area contributed by atoms with E-state index in [1.807, 2.05) is 0 Å². The van der Waals surface area contributed by atoms with Gasteiger partial charge in [0.2, 0.25) is 0 Å². The Hall–Kier alpha value is -7.24. The number of hydrogen-bond acceptors (Lipinski definition) is 4. The van der Waals surface area contributed by atoms with Crippen molar-refractivity contribution in [2.45, 2.75) is 88.8 Å². The van der Waals surface area contributed by atoms with Gasteiger partial charge in [0, 0.05) is 11.4 Å². The van der Waals surface area contributed by atoms with Gasteiger partial charge in [-0.25, -0.2) is 0 Å². The molecule has 390 valence electrons. The molecule has 0 amide bonds. The highest BCUT2D eigenvalue weighted by atomic mass is 32.2. The molecule has 4 nitrogen and oxygen atoms in total. The van der Waals surface area contributed by atoms with Crippen LogP contribution in [0.2, 0.25) is 0 Å². The van der Waals surface area contributed by atoms with Crippen LogP contribution in [0.4, 0.5) is 13.2 Å². The fraction of sp³-hybridized carbons (Fsp3) is 0.164. The quantitative estimate of drug-likeness (QED) is 0.128. The predicted octanol–water partition coefficient (Wildman–Crippen LogP) is 14.6. The SMILES string of the molecule is O=C([O-])C(F)(F)F.O=C([O-])C12CC3CC(CC(C3)C1)C2.c1ccc([S+](c2ccccc2)c2ccccc2)cc1.c1ccc([S+](c2ccccc2)c2ccccc2)cc1.c1ccc([S+](c2ccccc2)c2ccccc2)cc1. The van der Waals surface area contributed by atoms with Gasteiger partial charge in [-0.15, -0.1) is 0 Å². The lowest BCUT2D eigenvalue weighted by Gasteiger charge is -2.57. The van der Waals surface area contributed by atoms with Crippen molar-refractivity contribution >= 4 is 44.6 Å². The van der Waals surface area contributed by atoms with Crippen molar-refractivity contribution in [2.24, 2.45) is 23.2 Å². The van der Waals surface area contributed by atoms with Gasteiger partial charge in [0.15, 0.2) is 44.1 Å². The number of carbonyl (C=O) groups excluding carboxylic acids is 2. The number of carboxylic acid groups (broad SMARTS) is 2. The zero-order valence-corrected chi connectivity index (χ0v) is 44.9. The van der Waals surface area contributed by atoms with Gasteiger partial charge in [0.1, 0.15) is 5.97 Å². The lowest BCUT2D eigenvalue weighted by atomic mass is 9.49. The molecular formula is C67H60F3O4S3+. The zero-order chi connectivity index (χ0) is 53.9. The first-order valence-electron chi connectivity index (χ1n) is 25.7. The Morgan fingerprint density at radius 3 is 0.584 bits per heavy atom. The minimum Gasteiger partial charge on any atom is -0.550 e. The van der Waals surface area contributed by atoms with Crippen LogP contribution in [0.25, 0.3) is 0 Å². The number of hydrogen-bond donors (Lipinski definition) is 0. The molecule has 0 heterocycles. The zero-order valence-electron chi connectivity index (χ0n) is 42.4. The van der Waals surface area contributed by atoms with E-state index in [0.717, 1.165) is 19.3 Å². The molecule has 0 saturated heterocycles. The summed E-state index contributed by atoms with van der Waals surface area (Å²) >= 11 is 0. The molecule has 0 atom stereocenters. The van der Waals surface area contributed by atoms with E-state index in [2.05, 4.69) is 273 Å². The molecule has 0 spiro atoms. The smallest absolute Gasteiger partial charge is 0.430 e. The predicted molar refractivity (Wildman–Crippen MR) is 301 cm³/mol. The maximum Gasteiger partial charge on any atom is 0.430 e. The average molecular weight is 1080 g/mol. The summed E-state index contributed by atoms with van der Waals surface area (Å²) in [6.07, 6.45) is 1.45. The summed E-state index contributed by atoms with van der Waals surface area (Å²) in [6, 6.07) is 96.5. The first-order chi connectivity index (χ1) is 37.5. The van der Waals surface area contributed by atoms with Gasteiger partial charge in [-0.1, -0.05) is 164 Å². The van der Waals surface area contributed by atoms with Crippen LogP contribution >= 0.6 is 0 Å². The molecule has 77 heavy (non-hydrogen) atoms. The summed E-state index contributed by atoms with van der Waals surface area (Å²) in [5.74, 6) is -1.63. The Morgan fingerprint density at radius 2 is 0.468 bits per heavy atom. The molecule has 0 aliphatic heterocycles. The molecule has 4 aliphatic carbocycles. The van der Waals surface area contributed by atoms with Gasteiger partial charge in [0.05, 0.1) is 32.7 Å². The molecule has 4 fully saturated rings. The molecule has 9 aromatic rings.